The van der Waals surface area contributed by atoms with Crippen LogP contribution in [-0.4, -0.2) is 12.0 Å². The fraction of sp³-hybridized carbons (Fsp3) is 0.278. The van der Waals surface area contributed by atoms with E-state index in [0.29, 0.717) is 11.3 Å². The molecular formula is C18H20BrNO2. The van der Waals surface area contributed by atoms with Crippen molar-refractivity contribution in [2.75, 3.05) is 5.32 Å². The number of benzene rings is 2. The molecule has 2 rings (SSSR count). The minimum Gasteiger partial charge on any atom is -0.490 e. The van der Waals surface area contributed by atoms with Crippen molar-refractivity contribution >= 4 is 27.5 Å². The highest BCUT2D eigenvalue weighted by atomic mass is 79.9. The molecule has 0 atom stereocenters. The summed E-state index contributed by atoms with van der Waals surface area (Å²) in [6.45, 7) is 7.95. The second-order valence-corrected chi connectivity index (χ2v) is 6.48. The van der Waals surface area contributed by atoms with Crippen LogP contribution in [0.1, 0.15) is 35.3 Å². The first kappa shape index (κ1) is 16.6. The summed E-state index contributed by atoms with van der Waals surface area (Å²) in [5, 5.41) is 2.93. The van der Waals surface area contributed by atoms with E-state index in [9.17, 15) is 4.79 Å². The van der Waals surface area contributed by atoms with Gasteiger partial charge in [0.1, 0.15) is 5.75 Å². The second kappa shape index (κ2) is 6.97. The molecule has 4 heteroatoms. The highest BCUT2D eigenvalue weighted by Crippen LogP contribution is 2.25. The van der Waals surface area contributed by atoms with Crippen LogP contribution in [0.3, 0.4) is 0 Å². The lowest BCUT2D eigenvalue weighted by Gasteiger charge is -2.15. The molecule has 2 aromatic rings. The van der Waals surface area contributed by atoms with Gasteiger partial charge in [-0.3, -0.25) is 4.79 Å². The third kappa shape index (κ3) is 4.10. The summed E-state index contributed by atoms with van der Waals surface area (Å²) >= 11 is 3.40. The smallest absolute Gasteiger partial charge is 0.259 e. The Balaban J connectivity index is 2.28. The molecule has 0 aromatic heterocycles. The van der Waals surface area contributed by atoms with Crippen molar-refractivity contribution in [3.63, 3.8) is 0 Å². The lowest BCUT2D eigenvalue weighted by atomic mass is 10.1. The van der Waals surface area contributed by atoms with Crippen LogP contribution in [0.5, 0.6) is 5.75 Å². The van der Waals surface area contributed by atoms with Crippen molar-refractivity contribution in [3.05, 3.63) is 57.6 Å². The molecule has 0 spiro atoms. The number of halogens is 1. The summed E-state index contributed by atoms with van der Waals surface area (Å²) in [5.74, 6) is 0.403. The third-order valence-corrected chi connectivity index (χ3v) is 3.81. The van der Waals surface area contributed by atoms with Gasteiger partial charge in [-0.2, -0.15) is 0 Å². The number of amides is 1. The highest BCUT2D eigenvalue weighted by Gasteiger charge is 2.15. The first-order valence-electron chi connectivity index (χ1n) is 7.21. The largest absolute Gasteiger partial charge is 0.490 e. The molecule has 22 heavy (non-hydrogen) atoms. The molecule has 0 aliphatic carbocycles. The molecule has 0 bridgehead atoms. The normalized spacial score (nSPS) is 10.6. The van der Waals surface area contributed by atoms with E-state index in [4.69, 9.17) is 4.74 Å². The summed E-state index contributed by atoms with van der Waals surface area (Å²) in [4.78, 5) is 12.6. The minimum absolute atomic E-state index is 0.00865. The molecule has 0 saturated carbocycles. The van der Waals surface area contributed by atoms with Crippen molar-refractivity contribution in [1.82, 2.24) is 0 Å². The predicted octanol–water partition coefficient (Wildman–Crippen LogP) is 5.11. The monoisotopic (exact) mass is 361 g/mol. The van der Waals surface area contributed by atoms with Crippen LogP contribution < -0.4 is 10.1 Å². The van der Waals surface area contributed by atoms with E-state index in [0.717, 1.165) is 15.7 Å². The Labute approximate surface area is 139 Å². The highest BCUT2D eigenvalue weighted by molar-refractivity contribution is 9.10. The first-order valence-corrected chi connectivity index (χ1v) is 8.01. The number of nitrogens with one attached hydrogen (secondary N) is 1. The Kier molecular flexibility index (Phi) is 5.24. The Morgan fingerprint density at radius 2 is 1.82 bits per heavy atom. The summed E-state index contributed by atoms with van der Waals surface area (Å²) < 4.78 is 6.56. The quantitative estimate of drug-likeness (QED) is 0.821. The molecular weight excluding hydrogens is 342 g/mol. The molecule has 0 aliphatic heterocycles. The van der Waals surface area contributed by atoms with Crippen LogP contribution in [0.2, 0.25) is 0 Å². The molecule has 0 unspecified atom stereocenters. The molecule has 0 radical (unpaired) electrons. The second-order valence-electron chi connectivity index (χ2n) is 5.56. The van der Waals surface area contributed by atoms with Gasteiger partial charge >= 0.3 is 0 Å². The first-order chi connectivity index (χ1) is 10.4. The van der Waals surface area contributed by atoms with E-state index in [1.165, 1.54) is 5.56 Å². The Bertz CT molecular complexity index is 695. The number of rotatable bonds is 4. The van der Waals surface area contributed by atoms with Gasteiger partial charge in [-0.25, -0.2) is 0 Å². The number of carbonyl (C=O) groups is 1. The van der Waals surface area contributed by atoms with Crippen molar-refractivity contribution in [1.29, 1.82) is 0 Å². The van der Waals surface area contributed by atoms with E-state index in [1.807, 2.05) is 52.0 Å². The number of hydrogen-bond acceptors (Lipinski definition) is 2. The zero-order valence-corrected chi connectivity index (χ0v) is 14.8. The topological polar surface area (TPSA) is 38.3 Å². The standard InChI is InChI=1S/C18H20BrNO2/c1-11(2)22-17-8-6-14(19)10-16(17)18(21)20-15-7-5-12(3)13(4)9-15/h5-11H,1-4H3,(H,20,21). The van der Waals surface area contributed by atoms with Crippen molar-refractivity contribution in [2.45, 2.75) is 33.8 Å². The minimum atomic E-state index is -0.180. The molecule has 1 amide bonds. The van der Waals surface area contributed by atoms with Gasteiger partial charge < -0.3 is 10.1 Å². The van der Waals surface area contributed by atoms with Crippen LogP contribution in [0.4, 0.5) is 5.69 Å². The van der Waals surface area contributed by atoms with Crippen molar-refractivity contribution in [2.24, 2.45) is 0 Å². The molecule has 0 heterocycles. The van der Waals surface area contributed by atoms with Gasteiger partial charge in [-0.15, -0.1) is 0 Å². The Morgan fingerprint density at radius 1 is 1.09 bits per heavy atom. The van der Waals surface area contributed by atoms with Gasteiger partial charge in [-0.1, -0.05) is 22.0 Å². The number of ether oxygens (including phenoxy) is 1. The van der Waals surface area contributed by atoms with Crippen molar-refractivity contribution in [3.8, 4) is 5.75 Å². The van der Waals surface area contributed by atoms with E-state index in [1.54, 1.807) is 12.1 Å². The zero-order chi connectivity index (χ0) is 16.3. The van der Waals surface area contributed by atoms with Gasteiger partial charge in [0.2, 0.25) is 0 Å². The van der Waals surface area contributed by atoms with Gasteiger partial charge in [-0.05, 0) is 69.2 Å². The van der Waals surface area contributed by atoms with Crippen LogP contribution in [0.15, 0.2) is 40.9 Å². The SMILES string of the molecule is Cc1ccc(NC(=O)c2cc(Br)ccc2OC(C)C)cc1C. The fourth-order valence-corrected chi connectivity index (χ4v) is 2.42. The molecule has 0 saturated heterocycles. The van der Waals surface area contributed by atoms with E-state index < -0.39 is 0 Å². The molecule has 3 nitrogen and oxygen atoms in total. The summed E-state index contributed by atoms with van der Waals surface area (Å²) in [5.41, 5.74) is 3.64. The number of aryl methyl sites for hydroxylation is 2. The predicted molar refractivity (Wildman–Crippen MR) is 93.8 cm³/mol. The molecule has 2 aromatic carbocycles. The molecule has 0 fully saturated rings. The van der Waals surface area contributed by atoms with Gasteiger partial charge in [0.05, 0.1) is 11.7 Å². The number of hydrogen-bond donors (Lipinski definition) is 1. The summed E-state index contributed by atoms with van der Waals surface area (Å²) in [6.07, 6.45) is 0.00865. The molecule has 116 valence electrons. The maximum atomic E-state index is 12.6. The van der Waals surface area contributed by atoms with Crippen LogP contribution in [0.25, 0.3) is 0 Å². The Hall–Kier alpha value is -1.81. The van der Waals surface area contributed by atoms with E-state index in [-0.39, 0.29) is 12.0 Å². The van der Waals surface area contributed by atoms with Crippen LogP contribution in [-0.2, 0) is 0 Å². The van der Waals surface area contributed by atoms with Crippen LogP contribution >= 0.6 is 15.9 Å². The summed E-state index contributed by atoms with van der Waals surface area (Å²) in [6, 6.07) is 11.3. The summed E-state index contributed by atoms with van der Waals surface area (Å²) in [7, 11) is 0. The third-order valence-electron chi connectivity index (χ3n) is 3.31. The molecule has 1 N–H and O–H groups in total. The van der Waals surface area contributed by atoms with Crippen molar-refractivity contribution < 1.29 is 9.53 Å². The number of anilines is 1. The maximum absolute atomic E-state index is 12.6. The van der Waals surface area contributed by atoms with Crippen LogP contribution in [0, 0.1) is 13.8 Å². The zero-order valence-electron chi connectivity index (χ0n) is 13.2. The average Bonchev–Trinajstić information content (AvgIpc) is 2.44. The van der Waals surface area contributed by atoms with E-state index in [2.05, 4.69) is 21.2 Å². The average molecular weight is 362 g/mol. The van der Waals surface area contributed by atoms with Gasteiger partial charge in [0.25, 0.3) is 5.91 Å². The lowest BCUT2D eigenvalue weighted by molar-refractivity contribution is 0.102. The number of carbonyl (C=O) groups excluding carboxylic acids is 1. The maximum Gasteiger partial charge on any atom is 0.259 e. The fourth-order valence-electron chi connectivity index (χ4n) is 2.05. The van der Waals surface area contributed by atoms with E-state index >= 15 is 0 Å². The van der Waals surface area contributed by atoms with Gasteiger partial charge in [0, 0.05) is 10.2 Å². The molecule has 0 aliphatic rings. The Morgan fingerprint density at radius 3 is 2.45 bits per heavy atom. The van der Waals surface area contributed by atoms with Gasteiger partial charge in [0.15, 0.2) is 0 Å². The lowest BCUT2D eigenvalue weighted by Crippen LogP contribution is -2.16.